The first-order valence-corrected chi connectivity index (χ1v) is 6.95. The number of nitrogens with one attached hydrogen (secondary N) is 1. The van der Waals surface area contributed by atoms with E-state index in [-0.39, 0.29) is 6.61 Å². The Balaban J connectivity index is 1.87. The smallest absolute Gasteiger partial charge is 0.310 e. The summed E-state index contributed by atoms with van der Waals surface area (Å²) in [5.41, 5.74) is 3.18. The molecule has 0 aromatic heterocycles. The normalized spacial score (nSPS) is 10.5. The van der Waals surface area contributed by atoms with Gasteiger partial charge in [-0.25, -0.2) is 5.43 Å². The number of aryl methyl sites for hydroxylation is 1. The van der Waals surface area contributed by atoms with Crippen LogP contribution >= 0.6 is 0 Å². The summed E-state index contributed by atoms with van der Waals surface area (Å²) in [5, 5.41) is 23.8. The lowest BCUT2D eigenvalue weighted by Gasteiger charge is -2.07. The number of amides is 1. The van der Waals surface area contributed by atoms with E-state index in [1.165, 1.54) is 18.3 Å². The van der Waals surface area contributed by atoms with E-state index in [1.54, 1.807) is 12.1 Å². The molecule has 0 saturated heterocycles. The van der Waals surface area contributed by atoms with Crippen molar-refractivity contribution in [3.8, 4) is 11.5 Å². The first kappa shape index (κ1) is 16.9. The highest BCUT2D eigenvalue weighted by Gasteiger charge is 2.12. The summed E-state index contributed by atoms with van der Waals surface area (Å²) in [7, 11) is 0. The quantitative estimate of drug-likeness (QED) is 0.479. The molecule has 1 amide bonds. The molecule has 0 spiro atoms. The highest BCUT2D eigenvalue weighted by Crippen LogP contribution is 2.25. The van der Waals surface area contributed by atoms with Crippen LogP contribution < -0.4 is 10.2 Å². The Bertz CT molecular complexity index is 789. The predicted octanol–water partition coefficient (Wildman–Crippen LogP) is 2.14. The van der Waals surface area contributed by atoms with E-state index in [1.807, 2.05) is 19.1 Å². The van der Waals surface area contributed by atoms with E-state index < -0.39 is 22.3 Å². The van der Waals surface area contributed by atoms with E-state index in [0.717, 1.165) is 11.6 Å². The number of nitro benzene ring substituents is 1. The van der Waals surface area contributed by atoms with E-state index >= 15 is 0 Å². The molecule has 2 aromatic carbocycles. The van der Waals surface area contributed by atoms with E-state index in [2.05, 4.69) is 10.5 Å². The van der Waals surface area contributed by atoms with Crippen molar-refractivity contribution in [3.05, 3.63) is 63.7 Å². The van der Waals surface area contributed by atoms with Gasteiger partial charge in [-0.1, -0.05) is 18.2 Å². The van der Waals surface area contributed by atoms with E-state index in [9.17, 15) is 20.0 Å². The van der Waals surface area contributed by atoms with Gasteiger partial charge >= 0.3 is 5.69 Å². The highest BCUT2D eigenvalue weighted by molar-refractivity contribution is 5.83. The van der Waals surface area contributed by atoms with Crippen LogP contribution in [0.1, 0.15) is 11.1 Å². The zero-order valence-corrected chi connectivity index (χ0v) is 12.8. The Hall–Kier alpha value is -3.42. The largest absolute Gasteiger partial charge is 0.502 e. The van der Waals surface area contributed by atoms with Gasteiger partial charge in [-0.05, 0) is 36.2 Å². The Morgan fingerprint density at radius 1 is 1.38 bits per heavy atom. The number of phenolic OH excluding ortho intramolecular Hbond substituents is 1. The second-order valence-electron chi connectivity index (χ2n) is 4.85. The SMILES string of the molecule is Cc1ccccc1OCC(=O)N/N=C\c1ccc([N+](=O)[O-])c(O)c1. The predicted molar refractivity (Wildman–Crippen MR) is 87.2 cm³/mol. The van der Waals surface area contributed by atoms with Gasteiger partial charge in [0, 0.05) is 6.07 Å². The summed E-state index contributed by atoms with van der Waals surface area (Å²) in [6.07, 6.45) is 1.26. The van der Waals surface area contributed by atoms with Crippen LogP contribution in [0.15, 0.2) is 47.6 Å². The molecule has 0 atom stereocenters. The third-order valence-electron chi connectivity index (χ3n) is 3.05. The Morgan fingerprint density at radius 2 is 2.12 bits per heavy atom. The first-order chi connectivity index (χ1) is 11.5. The average molecular weight is 329 g/mol. The topological polar surface area (TPSA) is 114 Å². The third-order valence-corrected chi connectivity index (χ3v) is 3.05. The van der Waals surface area contributed by atoms with Gasteiger partial charge < -0.3 is 9.84 Å². The van der Waals surface area contributed by atoms with Crippen LogP contribution in [-0.2, 0) is 4.79 Å². The molecule has 0 bridgehead atoms. The molecule has 0 radical (unpaired) electrons. The lowest BCUT2D eigenvalue weighted by Crippen LogP contribution is -2.24. The van der Waals surface area contributed by atoms with Crippen LogP contribution in [0.25, 0.3) is 0 Å². The van der Waals surface area contributed by atoms with Gasteiger partial charge in [0.2, 0.25) is 0 Å². The molecule has 2 aromatic rings. The summed E-state index contributed by atoms with van der Waals surface area (Å²) < 4.78 is 5.36. The Kier molecular flexibility index (Phi) is 5.45. The summed E-state index contributed by atoms with van der Waals surface area (Å²) in [6, 6.07) is 11.0. The van der Waals surface area contributed by atoms with Crippen molar-refractivity contribution in [2.24, 2.45) is 5.10 Å². The number of hydrogen-bond donors (Lipinski definition) is 2. The maximum atomic E-state index is 11.6. The molecule has 0 aliphatic carbocycles. The number of benzene rings is 2. The number of carbonyl (C=O) groups excluding carboxylic acids is 1. The van der Waals surface area contributed by atoms with Crippen LogP contribution in [0.2, 0.25) is 0 Å². The maximum absolute atomic E-state index is 11.6. The van der Waals surface area contributed by atoms with Crippen LogP contribution in [0.5, 0.6) is 11.5 Å². The average Bonchev–Trinajstić information content (AvgIpc) is 2.54. The number of carbonyl (C=O) groups is 1. The zero-order valence-electron chi connectivity index (χ0n) is 12.8. The van der Waals surface area contributed by atoms with Gasteiger partial charge in [-0.2, -0.15) is 5.10 Å². The molecular weight excluding hydrogens is 314 g/mol. The molecule has 124 valence electrons. The van der Waals surface area contributed by atoms with Crippen LogP contribution in [-0.4, -0.2) is 28.8 Å². The molecule has 0 heterocycles. The maximum Gasteiger partial charge on any atom is 0.310 e. The molecule has 0 unspecified atom stereocenters. The minimum absolute atomic E-state index is 0.201. The number of para-hydroxylation sites is 1. The summed E-state index contributed by atoms with van der Waals surface area (Å²) >= 11 is 0. The minimum Gasteiger partial charge on any atom is -0.502 e. The fourth-order valence-corrected chi connectivity index (χ4v) is 1.85. The van der Waals surface area contributed by atoms with Crippen molar-refractivity contribution in [1.82, 2.24) is 5.43 Å². The summed E-state index contributed by atoms with van der Waals surface area (Å²) in [4.78, 5) is 21.5. The van der Waals surface area contributed by atoms with Gasteiger partial charge in [0.05, 0.1) is 11.1 Å². The van der Waals surface area contributed by atoms with Gasteiger partial charge in [0.15, 0.2) is 12.4 Å². The first-order valence-electron chi connectivity index (χ1n) is 6.95. The monoisotopic (exact) mass is 329 g/mol. The van der Waals surface area contributed by atoms with Crippen LogP contribution in [0.3, 0.4) is 0 Å². The number of ether oxygens (including phenoxy) is 1. The van der Waals surface area contributed by atoms with Crippen molar-refractivity contribution in [2.75, 3.05) is 6.61 Å². The molecule has 24 heavy (non-hydrogen) atoms. The number of hydrazone groups is 1. The molecule has 8 nitrogen and oxygen atoms in total. The number of rotatable bonds is 6. The van der Waals surface area contributed by atoms with Crippen LogP contribution in [0.4, 0.5) is 5.69 Å². The van der Waals surface area contributed by atoms with E-state index in [4.69, 9.17) is 4.74 Å². The number of aromatic hydroxyl groups is 1. The van der Waals surface area contributed by atoms with Crippen molar-refractivity contribution in [1.29, 1.82) is 0 Å². The second-order valence-corrected chi connectivity index (χ2v) is 4.85. The Morgan fingerprint density at radius 3 is 2.79 bits per heavy atom. The molecule has 0 fully saturated rings. The van der Waals surface area contributed by atoms with Crippen molar-refractivity contribution in [2.45, 2.75) is 6.92 Å². The third kappa shape index (κ3) is 4.54. The zero-order chi connectivity index (χ0) is 17.5. The molecule has 2 N–H and O–H groups in total. The number of hydrogen-bond acceptors (Lipinski definition) is 6. The van der Waals surface area contributed by atoms with E-state index in [0.29, 0.717) is 11.3 Å². The van der Waals surface area contributed by atoms with Gasteiger partial charge in [0.1, 0.15) is 5.75 Å². The number of phenols is 1. The molecule has 8 heteroatoms. The highest BCUT2D eigenvalue weighted by atomic mass is 16.6. The number of nitro groups is 1. The molecule has 0 saturated carbocycles. The van der Waals surface area contributed by atoms with Crippen molar-refractivity contribution >= 4 is 17.8 Å². The van der Waals surface area contributed by atoms with Crippen molar-refractivity contribution < 1.29 is 19.6 Å². The summed E-state index contributed by atoms with van der Waals surface area (Å²) in [5.74, 6) is -0.323. The minimum atomic E-state index is -0.694. The van der Waals surface area contributed by atoms with Gasteiger partial charge in [-0.15, -0.1) is 0 Å². The lowest BCUT2D eigenvalue weighted by molar-refractivity contribution is -0.385. The fraction of sp³-hybridized carbons (Fsp3) is 0.125. The second kappa shape index (κ2) is 7.73. The van der Waals surface area contributed by atoms with Gasteiger partial charge in [0.25, 0.3) is 5.91 Å². The lowest BCUT2D eigenvalue weighted by atomic mass is 10.2. The standard InChI is InChI=1S/C16H15N3O5/c1-11-4-2-3-5-15(11)24-10-16(21)18-17-9-12-6-7-13(19(22)23)14(20)8-12/h2-9,20H,10H2,1H3,(H,18,21)/b17-9-. The fourth-order valence-electron chi connectivity index (χ4n) is 1.85. The van der Waals surface area contributed by atoms with Crippen molar-refractivity contribution in [3.63, 3.8) is 0 Å². The number of nitrogens with zero attached hydrogens (tertiary/aromatic N) is 2. The van der Waals surface area contributed by atoms with Gasteiger partial charge in [-0.3, -0.25) is 14.9 Å². The molecule has 0 aliphatic rings. The Labute approximate surface area is 137 Å². The van der Waals surface area contributed by atoms with Crippen LogP contribution in [0, 0.1) is 17.0 Å². The molecule has 0 aliphatic heterocycles. The molecular formula is C16H15N3O5. The molecule has 2 rings (SSSR count). The summed E-state index contributed by atoms with van der Waals surface area (Å²) in [6.45, 7) is 1.67.